The van der Waals surface area contributed by atoms with Gasteiger partial charge in [-0.05, 0) is 31.3 Å². The molecule has 0 spiro atoms. The predicted molar refractivity (Wildman–Crippen MR) is 79.5 cm³/mol. The largest absolute Gasteiger partial charge is 0.312 e. The highest BCUT2D eigenvalue weighted by molar-refractivity contribution is 6.31. The highest BCUT2D eigenvalue weighted by Crippen LogP contribution is 2.48. The lowest BCUT2D eigenvalue weighted by atomic mass is 9.60. The summed E-state index contributed by atoms with van der Waals surface area (Å²) >= 11 is 6.09. The van der Waals surface area contributed by atoms with Crippen LogP contribution in [0.25, 0.3) is 0 Å². The van der Waals surface area contributed by atoms with Crippen molar-refractivity contribution >= 4 is 17.4 Å². The maximum atomic E-state index is 6.09. The van der Waals surface area contributed by atoms with Crippen molar-refractivity contribution in [1.82, 2.24) is 5.43 Å². The molecule has 102 valence electrons. The van der Waals surface area contributed by atoms with Gasteiger partial charge in [-0.15, -0.1) is 0 Å². The number of rotatable bonds is 5. The molecule has 0 bridgehead atoms. The second-order valence-corrected chi connectivity index (χ2v) is 5.31. The van der Waals surface area contributed by atoms with Gasteiger partial charge in [-0.3, -0.25) is 4.99 Å². The minimum absolute atomic E-state index is 0.0728. The van der Waals surface area contributed by atoms with E-state index >= 15 is 0 Å². The second kappa shape index (κ2) is 6.95. The molecule has 4 heteroatoms. The molecular formula is C14H24ClN3. The first-order valence-electron chi connectivity index (χ1n) is 6.58. The van der Waals surface area contributed by atoms with Crippen molar-refractivity contribution in [3.63, 3.8) is 0 Å². The van der Waals surface area contributed by atoms with Crippen LogP contribution in [-0.2, 0) is 0 Å². The number of halogens is 1. The van der Waals surface area contributed by atoms with Gasteiger partial charge in [0.15, 0.2) is 0 Å². The Morgan fingerprint density at radius 1 is 1.56 bits per heavy atom. The topological polar surface area (TPSA) is 50.4 Å². The summed E-state index contributed by atoms with van der Waals surface area (Å²) in [5, 5.41) is 0.800. The van der Waals surface area contributed by atoms with Gasteiger partial charge in [-0.2, -0.15) is 0 Å². The highest BCUT2D eigenvalue weighted by atomic mass is 35.5. The lowest BCUT2D eigenvalue weighted by Crippen LogP contribution is -2.51. The van der Waals surface area contributed by atoms with Gasteiger partial charge in [0.05, 0.1) is 0 Å². The van der Waals surface area contributed by atoms with Crippen LogP contribution in [0.5, 0.6) is 0 Å². The summed E-state index contributed by atoms with van der Waals surface area (Å²) in [6.07, 6.45) is 10.6. The maximum Gasteiger partial charge on any atom is 0.117 e. The molecule has 0 aromatic rings. The summed E-state index contributed by atoms with van der Waals surface area (Å²) in [5.41, 5.74) is 2.83. The standard InChI is InChI=1S/C14H24ClN3/c1-4-6-12(15)8-7-11(2)14(9-5-10-14)13(17-3)18-16/h6-8,11H,4-5,9-10,16H2,1-3H3,(H,17,18)/b8-7-,12-6+. The fraction of sp³-hybridized carbons (Fsp3) is 0.643. The van der Waals surface area contributed by atoms with Crippen molar-refractivity contribution in [2.45, 2.75) is 39.5 Å². The summed E-state index contributed by atoms with van der Waals surface area (Å²) < 4.78 is 0. The second-order valence-electron chi connectivity index (χ2n) is 4.87. The third kappa shape index (κ3) is 3.15. The summed E-state index contributed by atoms with van der Waals surface area (Å²) in [6.45, 7) is 4.28. The van der Waals surface area contributed by atoms with E-state index in [9.17, 15) is 0 Å². The Balaban J connectivity index is 2.80. The van der Waals surface area contributed by atoms with Crippen molar-refractivity contribution in [3.8, 4) is 0 Å². The van der Waals surface area contributed by atoms with Crippen LogP contribution in [0.1, 0.15) is 39.5 Å². The first-order valence-corrected chi connectivity index (χ1v) is 6.96. The van der Waals surface area contributed by atoms with Crippen LogP contribution in [-0.4, -0.2) is 12.9 Å². The van der Waals surface area contributed by atoms with E-state index in [0.717, 1.165) is 30.1 Å². The number of nitrogens with two attached hydrogens (primary N) is 1. The first-order chi connectivity index (χ1) is 8.60. The lowest BCUT2D eigenvalue weighted by Gasteiger charge is -2.46. The predicted octanol–water partition coefficient (Wildman–Crippen LogP) is 3.37. The number of hydrazine groups is 1. The zero-order valence-electron chi connectivity index (χ0n) is 11.5. The monoisotopic (exact) mass is 269 g/mol. The Labute approximate surface area is 115 Å². The third-order valence-corrected chi connectivity index (χ3v) is 4.17. The molecule has 0 heterocycles. The average molecular weight is 270 g/mol. The van der Waals surface area contributed by atoms with E-state index in [2.05, 4.69) is 30.3 Å². The van der Waals surface area contributed by atoms with Gasteiger partial charge >= 0.3 is 0 Å². The minimum atomic E-state index is 0.0728. The third-order valence-electron chi connectivity index (χ3n) is 3.89. The molecule has 1 atom stereocenters. The van der Waals surface area contributed by atoms with E-state index in [-0.39, 0.29) is 5.41 Å². The van der Waals surface area contributed by atoms with Gasteiger partial charge in [0.25, 0.3) is 0 Å². The van der Waals surface area contributed by atoms with Gasteiger partial charge in [-0.1, -0.05) is 44.0 Å². The SMILES string of the molecule is CC/C=C(Cl)\C=C/C(C)C1(C(=NC)NN)CCC1. The van der Waals surface area contributed by atoms with Gasteiger partial charge in [0.2, 0.25) is 0 Å². The zero-order valence-corrected chi connectivity index (χ0v) is 12.3. The molecule has 1 unspecified atom stereocenters. The van der Waals surface area contributed by atoms with E-state index in [4.69, 9.17) is 17.4 Å². The molecule has 0 radical (unpaired) electrons. The van der Waals surface area contributed by atoms with Crippen molar-refractivity contribution in [3.05, 3.63) is 23.3 Å². The Bertz CT molecular complexity index is 354. The Morgan fingerprint density at radius 2 is 2.22 bits per heavy atom. The smallest absolute Gasteiger partial charge is 0.117 e. The number of hydrogen-bond acceptors (Lipinski definition) is 2. The van der Waals surface area contributed by atoms with Crippen LogP contribution in [0.2, 0.25) is 0 Å². The molecule has 0 saturated heterocycles. The van der Waals surface area contributed by atoms with Crippen molar-refractivity contribution in [2.24, 2.45) is 22.2 Å². The van der Waals surface area contributed by atoms with Gasteiger partial charge in [-0.25, -0.2) is 5.84 Å². The quantitative estimate of drug-likeness (QED) is 0.264. The molecule has 1 rings (SSSR count). The van der Waals surface area contributed by atoms with E-state index in [1.807, 2.05) is 12.2 Å². The number of hydrogen-bond donors (Lipinski definition) is 2. The van der Waals surface area contributed by atoms with Crippen molar-refractivity contribution in [1.29, 1.82) is 0 Å². The highest BCUT2D eigenvalue weighted by Gasteiger charge is 2.45. The minimum Gasteiger partial charge on any atom is -0.312 e. The molecule has 0 aliphatic heterocycles. The van der Waals surface area contributed by atoms with Gasteiger partial charge < -0.3 is 5.43 Å². The van der Waals surface area contributed by atoms with E-state index in [1.165, 1.54) is 6.42 Å². The summed E-state index contributed by atoms with van der Waals surface area (Å²) in [4.78, 5) is 4.28. The number of allylic oxidation sites excluding steroid dienone is 4. The van der Waals surface area contributed by atoms with Crippen LogP contribution in [0.4, 0.5) is 0 Å². The van der Waals surface area contributed by atoms with Crippen LogP contribution >= 0.6 is 11.6 Å². The fourth-order valence-electron chi connectivity index (χ4n) is 2.58. The van der Waals surface area contributed by atoms with Crippen molar-refractivity contribution < 1.29 is 0 Å². The molecular weight excluding hydrogens is 246 g/mol. The van der Waals surface area contributed by atoms with Crippen LogP contribution in [0.15, 0.2) is 28.3 Å². The average Bonchev–Trinajstić information content (AvgIpc) is 2.31. The Hall–Kier alpha value is -0.800. The molecule has 1 aliphatic carbocycles. The Kier molecular flexibility index (Phi) is 5.89. The van der Waals surface area contributed by atoms with E-state index < -0.39 is 0 Å². The maximum absolute atomic E-state index is 6.09. The van der Waals surface area contributed by atoms with Gasteiger partial charge in [0.1, 0.15) is 5.84 Å². The lowest BCUT2D eigenvalue weighted by molar-refractivity contribution is 0.169. The summed E-state index contributed by atoms with van der Waals surface area (Å²) in [5.74, 6) is 6.86. The van der Waals surface area contributed by atoms with E-state index in [0.29, 0.717) is 5.92 Å². The Morgan fingerprint density at radius 3 is 2.61 bits per heavy atom. The van der Waals surface area contributed by atoms with Crippen LogP contribution < -0.4 is 11.3 Å². The molecule has 0 amide bonds. The number of nitrogens with zero attached hydrogens (tertiary/aromatic N) is 1. The molecule has 1 aliphatic rings. The molecule has 0 aromatic carbocycles. The molecule has 3 nitrogen and oxygen atoms in total. The van der Waals surface area contributed by atoms with E-state index in [1.54, 1.807) is 7.05 Å². The molecule has 1 fully saturated rings. The zero-order chi connectivity index (χ0) is 13.6. The molecule has 1 saturated carbocycles. The number of nitrogens with one attached hydrogen (secondary N) is 1. The molecule has 3 N–H and O–H groups in total. The van der Waals surface area contributed by atoms with Gasteiger partial charge in [0, 0.05) is 17.5 Å². The summed E-state index contributed by atoms with van der Waals surface area (Å²) in [7, 11) is 1.79. The molecule has 0 aromatic heterocycles. The number of amidine groups is 1. The number of aliphatic imine (C=N–C) groups is 1. The van der Waals surface area contributed by atoms with Crippen LogP contribution in [0.3, 0.4) is 0 Å². The van der Waals surface area contributed by atoms with Crippen LogP contribution in [0, 0.1) is 11.3 Å². The van der Waals surface area contributed by atoms with Crippen molar-refractivity contribution in [2.75, 3.05) is 7.05 Å². The summed E-state index contributed by atoms with van der Waals surface area (Å²) in [6, 6.07) is 0. The first kappa shape index (κ1) is 15.3. The normalized spacial score (nSPS) is 21.8. The fourth-order valence-corrected chi connectivity index (χ4v) is 2.81. The molecule has 18 heavy (non-hydrogen) atoms.